The van der Waals surface area contributed by atoms with Crippen molar-refractivity contribution in [3.8, 4) is 0 Å². The van der Waals surface area contributed by atoms with E-state index >= 15 is 0 Å². The average Bonchev–Trinajstić information content (AvgIpc) is 2.56. The van der Waals surface area contributed by atoms with Crippen LogP contribution < -0.4 is 10.6 Å². The number of nitrogens with one attached hydrogen (secondary N) is 2. The Morgan fingerprint density at radius 3 is 2.62 bits per heavy atom. The SMILES string of the molecule is COCCNCCNC(=O)C(C)N1CCc2ccccc2C1.Cl.Cl. The van der Waals surface area contributed by atoms with Crippen molar-refractivity contribution >= 4 is 30.7 Å². The summed E-state index contributed by atoms with van der Waals surface area (Å²) in [6.45, 7) is 6.71. The number of rotatable bonds is 8. The Labute approximate surface area is 157 Å². The highest BCUT2D eigenvalue weighted by molar-refractivity contribution is 5.85. The molecule has 1 heterocycles. The van der Waals surface area contributed by atoms with Crippen LogP contribution in [-0.4, -0.2) is 56.7 Å². The molecule has 0 fully saturated rings. The van der Waals surface area contributed by atoms with Crippen molar-refractivity contribution in [1.82, 2.24) is 15.5 Å². The van der Waals surface area contributed by atoms with Crippen molar-refractivity contribution in [3.05, 3.63) is 35.4 Å². The lowest BCUT2D eigenvalue weighted by molar-refractivity contribution is -0.126. The van der Waals surface area contributed by atoms with Crippen LogP contribution in [0.5, 0.6) is 0 Å². The number of carbonyl (C=O) groups excluding carboxylic acids is 1. The molecule has 138 valence electrons. The van der Waals surface area contributed by atoms with Gasteiger partial charge in [0.1, 0.15) is 0 Å². The van der Waals surface area contributed by atoms with Crippen molar-refractivity contribution in [2.45, 2.75) is 25.9 Å². The number of ether oxygens (including phenoxy) is 1. The monoisotopic (exact) mass is 377 g/mol. The largest absolute Gasteiger partial charge is 0.383 e. The van der Waals surface area contributed by atoms with Crippen molar-refractivity contribution < 1.29 is 9.53 Å². The Kier molecular flexibility index (Phi) is 12.1. The normalized spacial score (nSPS) is 14.8. The van der Waals surface area contributed by atoms with Crippen LogP contribution in [-0.2, 0) is 22.5 Å². The fourth-order valence-corrected chi connectivity index (χ4v) is 2.73. The van der Waals surface area contributed by atoms with Gasteiger partial charge < -0.3 is 15.4 Å². The van der Waals surface area contributed by atoms with Gasteiger partial charge >= 0.3 is 0 Å². The van der Waals surface area contributed by atoms with Crippen LogP contribution in [0.1, 0.15) is 18.1 Å². The number of nitrogens with zero attached hydrogens (tertiary/aromatic N) is 1. The Morgan fingerprint density at radius 1 is 1.21 bits per heavy atom. The van der Waals surface area contributed by atoms with Crippen molar-refractivity contribution in [2.75, 3.05) is 39.9 Å². The van der Waals surface area contributed by atoms with Crippen LogP contribution >= 0.6 is 24.8 Å². The molecular formula is C17H29Cl2N3O2. The number of benzene rings is 1. The molecule has 1 aliphatic rings. The summed E-state index contributed by atoms with van der Waals surface area (Å²) >= 11 is 0. The number of hydrogen-bond acceptors (Lipinski definition) is 4. The number of carbonyl (C=O) groups is 1. The molecule has 24 heavy (non-hydrogen) atoms. The average molecular weight is 378 g/mol. The standard InChI is InChI=1S/C17H27N3O2.2ClH/c1-14(17(21)19-9-8-18-10-12-22-2)20-11-7-15-5-3-4-6-16(15)13-20;;/h3-6,14,18H,7-13H2,1-2H3,(H,19,21);2*1H. The van der Waals surface area contributed by atoms with E-state index in [1.165, 1.54) is 11.1 Å². The maximum Gasteiger partial charge on any atom is 0.237 e. The second-order valence-electron chi connectivity index (χ2n) is 5.70. The van der Waals surface area contributed by atoms with Crippen molar-refractivity contribution in [1.29, 1.82) is 0 Å². The third-order valence-electron chi connectivity index (χ3n) is 4.17. The minimum absolute atomic E-state index is 0. The van der Waals surface area contributed by atoms with Crippen LogP contribution in [0, 0.1) is 0 Å². The zero-order chi connectivity index (χ0) is 15.8. The maximum absolute atomic E-state index is 12.2. The van der Waals surface area contributed by atoms with E-state index in [-0.39, 0.29) is 36.8 Å². The van der Waals surface area contributed by atoms with Gasteiger partial charge in [0.05, 0.1) is 12.6 Å². The molecule has 1 unspecified atom stereocenters. The third-order valence-corrected chi connectivity index (χ3v) is 4.17. The van der Waals surface area contributed by atoms with Gasteiger partial charge in [0.25, 0.3) is 0 Å². The van der Waals surface area contributed by atoms with Gasteiger partial charge in [-0.3, -0.25) is 9.69 Å². The predicted molar refractivity (Wildman–Crippen MR) is 102 cm³/mol. The Bertz CT molecular complexity index is 489. The summed E-state index contributed by atoms with van der Waals surface area (Å²) in [6, 6.07) is 8.40. The fraction of sp³-hybridized carbons (Fsp3) is 0.588. The lowest BCUT2D eigenvalue weighted by atomic mass is 9.99. The molecule has 0 saturated heterocycles. The van der Waals surface area contributed by atoms with Crippen LogP contribution in [0.3, 0.4) is 0 Å². The molecule has 7 heteroatoms. The van der Waals surface area contributed by atoms with E-state index in [1.807, 2.05) is 6.92 Å². The van der Waals surface area contributed by atoms with Crippen LogP contribution in [0.2, 0.25) is 0 Å². The second-order valence-corrected chi connectivity index (χ2v) is 5.70. The van der Waals surface area contributed by atoms with Crippen LogP contribution in [0.15, 0.2) is 24.3 Å². The molecule has 2 rings (SSSR count). The smallest absolute Gasteiger partial charge is 0.237 e. The Balaban J connectivity index is 0.00000264. The van der Waals surface area contributed by atoms with E-state index in [0.717, 1.165) is 32.6 Å². The van der Waals surface area contributed by atoms with Gasteiger partial charge in [-0.05, 0) is 24.5 Å². The number of halogens is 2. The second kappa shape index (κ2) is 12.5. The van der Waals surface area contributed by atoms with Crippen molar-refractivity contribution in [3.63, 3.8) is 0 Å². The zero-order valence-electron chi connectivity index (χ0n) is 14.4. The van der Waals surface area contributed by atoms with E-state index < -0.39 is 0 Å². The van der Waals surface area contributed by atoms with E-state index in [2.05, 4.69) is 39.8 Å². The van der Waals surface area contributed by atoms with Crippen LogP contribution in [0.25, 0.3) is 0 Å². The first kappa shape index (κ1) is 23.1. The van der Waals surface area contributed by atoms with Gasteiger partial charge in [-0.2, -0.15) is 0 Å². The predicted octanol–water partition coefficient (Wildman–Crippen LogP) is 1.63. The van der Waals surface area contributed by atoms with Gasteiger partial charge in [0, 0.05) is 39.8 Å². The molecule has 1 aliphatic heterocycles. The quantitative estimate of drug-likeness (QED) is 0.676. The highest BCUT2D eigenvalue weighted by Crippen LogP contribution is 2.20. The first-order chi connectivity index (χ1) is 10.7. The molecule has 1 aromatic rings. The summed E-state index contributed by atoms with van der Waals surface area (Å²) < 4.78 is 4.96. The molecule has 1 aromatic carbocycles. The number of amides is 1. The molecule has 2 N–H and O–H groups in total. The third kappa shape index (κ3) is 6.95. The Hall–Kier alpha value is -0.850. The summed E-state index contributed by atoms with van der Waals surface area (Å²) in [5.74, 6) is 0.105. The number of methoxy groups -OCH3 is 1. The molecular weight excluding hydrogens is 349 g/mol. The highest BCUT2D eigenvalue weighted by Gasteiger charge is 2.24. The molecule has 0 bridgehead atoms. The maximum atomic E-state index is 12.2. The molecule has 0 aliphatic carbocycles. The molecule has 0 radical (unpaired) electrons. The Morgan fingerprint density at radius 2 is 1.92 bits per heavy atom. The lowest BCUT2D eigenvalue weighted by Gasteiger charge is -2.32. The van der Waals surface area contributed by atoms with Gasteiger partial charge in [-0.15, -0.1) is 24.8 Å². The van der Waals surface area contributed by atoms with E-state index in [1.54, 1.807) is 7.11 Å². The van der Waals surface area contributed by atoms with Crippen LogP contribution in [0.4, 0.5) is 0 Å². The minimum Gasteiger partial charge on any atom is -0.383 e. The van der Waals surface area contributed by atoms with E-state index in [4.69, 9.17) is 4.74 Å². The van der Waals surface area contributed by atoms with Crippen molar-refractivity contribution in [2.24, 2.45) is 0 Å². The van der Waals surface area contributed by atoms with Gasteiger partial charge in [-0.1, -0.05) is 24.3 Å². The van der Waals surface area contributed by atoms with Gasteiger partial charge in [0.2, 0.25) is 5.91 Å². The molecule has 0 aromatic heterocycles. The lowest BCUT2D eigenvalue weighted by Crippen LogP contribution is -2.48. The van der Waals surface area contributed by atoms with Gasteiger partial charge in [0.15, 0.2) is 0 Å². The summed E-state index contributed by atoms with van der Waals surface area (Å²) in [5, 5.41) is 6.22. The first-order valence-corrected chi connectivity index (χ1v) is 8.00. The van der Waals surface area contributed by atoms with E-state index in [0.29, 0.717) is 13.2 Å². The molecule has 1 amide bonds. The van der Waals surface area contributed by atoms with Gasteiger partial charge in [-0.25, -0.2) is 0 Å². The minimum atomic E-state index is -0.0904. The molecule has 5 nitrogen and oxygen atoms in total. The first-order valence-electron chi connectivity index (χ1n) is 8.00. The summed E-state index contributed by atoms with van der Waals surface area (Å²) in [7, 11) is 1.68. The fourth-order valence-electron chi connectivity index (χ4n) is 2.73. The number of hydrogen-bond donors (Lipinski definition) is 2. The molecule has 0 saturated carbocycles. The highest BCUT2D eigenvalue weighted by atomic mass is 35.5. The molecule has 0 spiro atoms. The topological polar surface area (TPSA) is 53.6 Å². The number of fused-ring (bicyclic) bond motifs is 1. The summed E-state index contributed by atoms with van der Waals surface area (Å²) in [4.78, 5) is 14.5. The zero-order valence-corrected chi connectivity index (χ0v) is 16.0. The summed E-state index contributed by atoms with van der Waals surface area (Å²) in [5.41, 5.74) is 2.75. The van der Waals surface area contributed by atoms with E-state index in [9.17, 15) is 4.79 Å². The summed E-state index contributed by atoms with van der Waals surface area (Å²) in [6.07, 6.45) is 1.02. The molecule has 1 atom stereocenters.